The first kappa shape index (κ1) is 23.2. The summed E-state index contributed by atoms with van der Waals surface area (Å²) in [6, 6.07) is 9.81. The quantitative estimate of drug-likeness (QED) is 0.622. The van der Waals surface area contributed by atoms with Crippen LogP contribution in [0.4, 0.5) is 4.79 Å². The number of hydrogen-bond acceptors (Lipinski definition) is 5. The molecular formula is C23H35NO5. The largest absolute Gasteiger partial charge is 0.466 e. The number of carbonyl (C=O) groups excluding carboxylic acids is 2. The third-order valence-electron chi connectivity index (χ3n) is 4.91. The van der Waals surface area contributed by atoms with Gasteiger partial charge in [-0.1, -0.05) is 30.3 Å². The molecular weight excluding hydrogens is 370 g/mol. The highest BCUT2D eigenvalue weighted by atomic mass is 16.6. The molecule has 1 aromatic rings. The second-order valence-corrected chi connectivity index (χ2v) is 9.25. The van der Waals surface area contributed by atoms with Gasteiger partial charge in [-0.15, -0.1) is 0 Å². The van der Waals surface area contributed by atoms with Gasteiger partial charge in [0.15, 0.2) is 0 Å². The molecule has 0 unspecified atom stereocenters. The summed E-state index contributed by atoms with van der Waals surface area (Å²) in [6.07, 6.45) is 0.684. The SMILES string of the molecule is CCOC(=O)C(C)(C)C[C@@H]1C[C@@H](OCc2ccccc2)CN1C(=O)OC(C)(C)C. The van der Waals surface area contributed by atoms with E-state index in [1.165, 1.54) is 0 Å². The Bertz CT molecular complexity index is 680. The Morgan fingerprint density at radius 3 is 2.34 bits per heavy atom. The van der Waals surface area contributed by atoms with E-state index >= 15 is 0 Å². The highest BCUT2D eigenvalue weighted by Crippen LogP contribution is 2.33. The average molecular weight is 406 g/mol. The van der Waals surface area contributed by atoms with Crippen LogP contribution in [0.15, 0.2) is 30.3 Å². The van der Waals surface area contributed by atoms with Crippen molar-refractivity contribution in [2.24, 2.45) is 5.41 Å². The molecule has 0 aliphatic carbocycles. The van der Waals surface area contributed by atoms with Gasteiger partial charge < -0.3 is 19.1 Å². The average Bonchev–Trinajstić information content (AvgIpc) is 3.02. The van der Waals surface area contributed by atoms with Crippen molar-refractivity contribution in [1.82, 2.24) is 4.90 Å². The van der Waals surface area contributed by atoms with E-state index in [2.05, 4.69) is 0 Å². The van der Waals surface area contributed by atoms with Crippen molar-refractivity contribution < 1.29 is 23.8 Å². The Kier molecular flexibility index (Phi) is 7.69. The first-order chi connectivity index (χ1) is 13.5. The monoisotopic (exact) mass is 405 g/mol. The van der Waals surface area contributed by atoms with E-state index in [9.17, 15) is 9.59 Å². The van der Waals surface area contributed by atoms with Gasteiger partial charge in [-0.05, 0) is 59.9 Å². The molecule has 1 fully saturated rings. The van der Waals surface area contributed by atoms with Crippen LogP contribution in [0.1, 0.15) is 59.9 Å². The molecule has 6 nitrogen and oxygen atoms in total. The van der Waals surface area contributed by atoms with E-state index in [0.717, 1.165) is 5.56 Å². The molecule has 29 heavy (non-hydrogen) atoms. The van der Waals surface area contributed by atoms with Crippen molar-refractivity contribution in [2.75, 3.05) is 13.2 Å². The third-order valence-corrected chi connectivity index (χ3v) is 4.91. The predicted molar refractivity (Wildman–Crippen MR) is 111 cm³/mol. The van der Waals surface area contributed by atoms with E-state index in [1.807, 2.05) is 65.0 Å². The summed E-state index contributed by atoms with van der Waals surface area (Å²) in [6.45, 7) is 12.3. The molecule has 1 aliphatic heterocycles. The molecule has 0 radical (unpaired) electrons. The number of rotatable bonds is 7. The Hall–Kier alpha value is -2.08. The summed E-state index contributed by atoms with van der Waals surface area (Å²) in [5, 5.41) is 0. The maximum absolute atomic E-state index is 12.8. The van der Waals surface area contributed by atoms with Gasteiger partial charge in [-0.3, -0.25) is 4.79 Å². The third kappa shape index (κ3) is 7.03. The Labute approximate surface area is 174 Å². The van der Waals surface area contributed by atoms with E-state index in [0.29, 0.717) is 32.6 Å². The van der Waals surface area contributed by atoms with Gasteiger partial charge >= 0.3 is 12.1 Å². The molecule has 0 saturated carbocycles. The molecule has 1 amide bonds. The molecule has 0 aromatic heterocycles. The van der Waals surface area contributed by atoms with Crippen molar-refractivity contribution >= 4 is 12.1 Å². The number of amides is 1. The topological polar surface area (TPSA) is 65.1 Å². The van der Waals surface area contributed by atoms with Crippen LogP contribution < -0.4 is 0 Å². The second-order valence-electron chi connectivity index (χ2n) is 9.25. The number of ether oxygens (including phenoxy) is 3. The normalized spacial score (nSPS) is 19.9. The van der Waals surface area contributed by atoms with Gasteiger partial charge in [0.1, 0.15) is 5.60 Å². The molecule has 1 saturated heterocycles. The maximum atomic E-state index is 12.8. The van der Waals surface area contributed by atoms with Crippen molar-refractivity contribution in [3.8, 4) is 0 Å². The summed E-state index contributed by atoms with van der Waals surface area (Å²) >= 11 is 0. The van der Waals surface area contributed by atoms with Gasteiger partial charge in [0.25, 0.3) is 0 Å². The number of esters is 1. The van der Waals surface area contributed by atoms with Gasteiger partial charge in [-0.2, -0.15) is 0 Å². The number of nitrogens with zero attached hydrogens (tertiary/aromatic N) is 1. The highest BCUT2D eigenvalue weighted by Gasteiger charge is 2.43. The van der Waals surface area contributed by atoms with E-state index in [1.54, 1.807) is 11.8 Å². The van der Waals surface area contributed by atoms with Gasteiger partial charge in [0.2, 0.25) is 0 Å². The van der Waals surface area contributed by atoms with Crippen molar-refractivity contribution in [2.45, 2.75) is 78.7 Å². The fraction of sp³-hybridized carbons (Fsp3) is 0.652. The van der Waals surface area contributed by atoms with Crippen LogP contribution in [0.3, 0.4) is 0 Å². The molecule has 6 heteroatoms. The molecule has 1 aliphatic rings. The van der Waals surface area contributed by atoms with E-state index in [4.69, 9.17) is 14.2 Å². The summed E-state index contributed by atoms with van der Waals surface area (Å²) in [4.78, 5) is 26.9. The zero-order chi connectivity index (χ0) is 21.7. The zero-order valence-electron chi connectivity index (χ0n) is 18.6. The van der Waals surface area contributed by atoms with Crippen molar-refractivity contribution in [1.29, 1.82) is 0 Å². The first-order valence-corrected chi connectivity index (χ1v) is 10.3. The summed E-state index contributed by atoms with van der Waals surface area (Å²) < 4.78 is 16.9. The molecule has 2 rings (SSSR count). The number of likely N-dealkylation sites (tertiary alicyclic amines) is 1. The van der Waals surface area contributed by atoms with Crippen LogP contribution >= 0.6 is 0 Å². The van der Waals surface area contributed by atoms with E-state index in [-0.39, 0.29) is 24.2 Å². The standard InChI is InChI=1S/C23H35NO5/c1-7-27-20(25)23(5,6)14-18-13-19(28-16-17-11-9-8-10-12-17)15-24(18)21(26)29-22(2,3)4/h8-12,18-19H,7,13-16H2,1-6H3/t18-,19+/m0/s1. The van der Waals surface area contributed by atoms with Crippen LogP contribution in [0.25, 0.3) is 0 Å². The fourth-order valence-corrected chi connectivity index (χ4v) is 3.52. The van der Waals surface area contributed by atoms with Gasteiger partial charge in [0, 0.05) is 6.04 Å². The Balaban J connectivity index is 2.09. The number of hydrogen-bond donors (Lipinski definition) is 0. The second kappa shape index (κ2) is 9.61. The van der Waals surface area contributed by atoms with Gasteiger partial charge in [-0.25, -0.2) is 4.79 Å². The Morgan fingerprint density at radius 2 is 1.76 bits per heavy atom. The Morgan fingerprint density at radius 1 is 1.10 bits per heavy atom. The highest BCUT2D eigenvalue weighted by molar-refractivity contribution is 5.76. The molecule has 0 bridgehead atoms. The van der Waals surface area contributed by atoms with Crippen LogP contribution in [-0.2, 0) is 25.6 Å². The lowest BCUT2D eigenvalue weighted by atomic mass is 9.85. The molecule has 1 aromatic carbocycles. The lowest BCUT2D eigenvalue weighted by Gasteiger charge is -2.32. The van der Waals surface area contributed by atoms with Crippen LogP contribution in [0.2, 0.25) is 0 Å². The number of benzene rings is 1. The van der Waals surface area contributed by atoms with Gasteiger partial charge in [0.05, 0.1) is 31.3 Å². The predicted octanol–water partition coefficient (Wildman–Crippen LogP) is 4.56. The minimum atomic E-state index is -0.699. The summed E-state index contributed by atoms with van der Waals surface area (Å²) in [7, 11) is 0. The zero-order valence-corrected chi connectivity index (χ0v) is 18.6. The maximum Gasteiger partial charge on any atom is 0.410 e. The van der Waals surface area contributed by atoms with Crippen LogP contribution in [0, 0.1) is 5.41 Å². The first-order valence-electron chi connectivity index (χ1n) is 10.3. The minimum Gasteiger partial charge on any atom is -0.466 e. The van der Waals surface area contributed by atoms with Crippen LogP contribution in [0.5, 0.6) is 0 Å². The molecule has 1 heterocycles. The van der Waals surface area contributed by atoms with E-state index < -0.39 is 11.0 Å². The lowest BCUT2D eigenvalue weighted by molar-refractivity contribution is -0.154. The molecule has 2 atom stereocenters. The lowest BCUT2D eigenvalue weighted by Crippen LogP contribution is -2.43. The molecule has 0 N–H and O–H groups in total. The van der Waals surface area contributed by atoms with Crippen molar-refractivity contribution in [3.05, 3.63) is 35.9 Å². The summed E-state index contributed by atoms with van der Waals surface area (Å²) in [5.74, 6) is -0.252. The fourth-order valence-electron chi connectivity index (χ4n) is 3.52. The number of carbonyl (C=O) groups is 2. The smallest absolute Gasteiger partial charge is 0.410 e. The molecule has 0 spiro atoms. The van der Waals surface area contributed by atoms with Crippen molar-refractivity contribution in [3.63, 3.8) is 0 Å². The molecule has 162 valence electrons. The van der Waals surface area contributed by atoms with Crippen LogP contribution in [-0.4, -0.2) is 47.9 Å². The minimum absolute atomic E-state index is 0.106. The summed E-state index contributed by atoms with van der Waals surface area (Å²) in [5.41, 5.74) is -0.192.